The van der Waals surface area contributed by atoms with E-state index in [2.05, 4.69) is 4.98 Å². The fourth-order valence-corrected chi connectivity index (χ4v) is 3.84. The van der Waals surface area contributed by atoms with E-state index in [1.807, 2.05) is 56.3 Å². The van der Waals surface area contributed by atoms with Crippen molar-refractivity contribution in [3.8, 4) is 17.4 Å². The highest BCUT2D eigenvalue weighted by Crippen LogP contribution is 2.38. The van der Waals surface area contributed by atoms with E-state index in [0.29, 0.717) is 59.4 Å². The van der Waals surface area contributed by atoms with Gasteiger partial charge in [0.05, 0.1) is 47.9 Å². The van der Waals surface area contributed by atoms with E-state index >= 15 is 0 Å². The van der Waals surface area contributed by atoms with Crippen molar-refractivity contribution >= 4 is 28.3 Å². The molecule has 4 rings (SSSR count). The maximum atomic E-state index is 12.0. The van der Waals surface area contributed by atoms with Crippen LogP contribution in [0.4, 0.5) is 5.69 Å². The summed E-state index contributed by atoms with van der Waals surface area (Å²) in [6.45, 7) is 6.86. The van der Waals surface area contributed by atoms with Crippen LogP contribution in [0.2, 0.25) is 0 Å². The van der Waals surface area contributed by atoms with Gasteiger partial charge in [0.1, 0.15) is 0 Å². The third-order valence-corrected chi connectivity index (χ3v) is 5.35. The normalized spacial score (nSPS) is 11.5. The molecule has 1 heterocycles. The molecule has 35 heavy (non-hydrogen) atoms. The van der Waals surface area contributed by atoms with Crippen molar-refractivity contribution < 1.29 is 24.1 Å². The number of ether oxygens (including phenoxy) is 3. The lowest BCUT2D eigenvalue weighted by Gasteiger charge is -2.12. The number of hydrogen-bond acceptors (Lipinski definition) is 6. The third-order valence-electron chi connectivity index (χ3n) is 5.35. The van der Waals surface area contributed by atoms with Crippen molar-refractivity contribution in [2.24, 2.45) is 4.99 Å². The first-order valence-corrected chi connectivity index (χ1v) is 11.6. The average molecular weight is 473 g/mol. The Bertz CT molecular complexity index is 1340. The minimum Gasteiger partial charge on any atom is -0.494 e. The van der Waals surface area contributed by atoms with Gasteiger partial charge in [0.2, 0.25) is 0 Å². The van der Waals surface area contributed by atoms with Crippen LogP contribution in [-0.4, -0.2) is 41.6 Å². The Balaban J connectivity index is 1.88. The lowest BCUT2D eigenvalue weighted by atomic mass is 10.0. The molecule has 4 aromatic rings. The Morgan fingerprint density at radius 1 is 0.857 bits per heavy atom. The molecule has 3 aromatic carbocycles. The highest BCUT2D eigenvalue weighted by atomic mass is 16.5. The van der Waals surface area contributed by atoms with Crippen molar-refractivity contribution in [1.29, 1.82) is 0 Å². The number of carbonyl (C=O) groups excluding carboxylic acids is 1. The van der Waals surface area contributed by atoms with E-state index in [1.54, 1.807) is 31.2 Å². The number of aromatic amines is 1. The van der Waals surface area contributed by atoms with Gasteiger partial charge < -0.3 is 24.3 Å². The summed E-state index contributed by atoms with van der Waals surface area (Å²) >= 11 is 0. The first-order valence-electron chi connectivity index (χ1n) is 11.6. The summed E-state index contributed by atoms with van der Waals surface area (Å²) in [7, 11) is 0. The van der Waals surface area contributed by atoms with Gasteiger partial charge in [-0.2, -0.15) is 0 Å². The number of aromatic nitrogens is 1. The fraction of sp³-hybridized carbons (Fsp3) is 0.214. The number of nitrogens with one attached hydrogen (secondary N) is 1. The molecule has 180 valence electrons. The zero-order valence-corrected chi connectivity index (χ0v) is 20.0. The van der Waals surface area contributed by atoms with Crippen LogP contribution in [0.1, 0.15) is 42.3 Å². The molecular weight excluding hydrogens is 444 g/mol. The van der Waals surface area contributed by atoms with Gasteiger partial charge in [-0.3, -0.25) is 0 Å². The van der Waals surface area contributed by atoms with E-state index in [0.717, 1.165) is 10.9 Å². The Kier molecular flexibility index (Phi) is 7.35. The van der Waals surface area contributed by atoms with E-state index < -0.39 is 0 Å². The summed E-state index contributed by atoms with van der Waals surface area (Å²) in [6, 6.07) is 20.2. The first kappa shape index (κ1) is 23.9. The standard InChI is InChI=1S/C28H28N2O5/c1-4-33-23-16-21-22(17-24(23)34-5-2)30-27(31)25(21)26(18-10-8-7-9-11-18)29-20-14-12-19(13-15-20)28(32)35-6-3/h7-17,30-31H,4-6H2,1-3H3. The second kappa shape index (κ2) is 10.8. The summed E-state index contributed by atoms with van der Waals surface area (Å²) in [5.74, 6) is 0.798. The molecule has 0 unspecified atom stereocenters. The van der Waals surface area contributed by atoms with Crippen LogP contribution in [0.5, 0.6) is 17.4 Å². The number of carbonyl (C=O) groups is 1. The maximum Gasteiger partial charge on any atom is 0.338 e. The molecule has 2 N–H and O–H groups in total. The molecule has 0 fully saturated rings. The van der Waals surface area contributed by atoms with Gasteiger partial charge in [-0.25, -0.2) is 9.79 Å². The zero-order valence-electron chi connectivity index (χ0n) is 20.0. The van der Waals surface area contributed by atoms with E-state index in [9.17, 15) is 9.90 Å². The first-order chi connectivity index (χ1) is 17.0. The molecule has 0 bridgehead atoms. The van der Waals surface area contributed by atoms with Crippen molar-refractivity contribution in [2.75, 3.05) is 19.8 Å². The summed E-state index contributed by atoms with van der Waals surface area (Å²) in [6.07, 6.45) is 0. The third kappa shape index (κ3) is 5.14. The van der Waals surface area contributed by atoms with Gasteiger partial charge in [-0.15, -0.1) is 0 Å². The van der Waals surface area contributed by atoms with Crippen LogP contribution in [0, 0.1) is 0 Å². The van der Waals surface area contributed by atoms with Gasteiger partial charge in [0.15, 0.2) is 17.4 Å². The second-order valence-electron chi connectivity index (χ2n) is 7.65. The van der Waals surface area contributed by atoms with Crippen molar-refractivity contribution in [3.63, 3.8) is 0 Å². The summed E-state index contributed by atoms with van der Waals surface area (Å²) in [5.41, 5.74) is 3.72. The number of fused-ring (bicyclic) bond motifs is 1. The molecular formula is C28H28N2O5. The Labute approximate surface area is 204 Å². The zero-order chi connectivity index (χ0) is 24.8. The van der Waals surface area contributed by atoms with Crippen LogP contribution >= 0.6 is 0 Å². The van der Waals surface area contributed by atoms with Crippen LogP contribution in [-0.2, 0) is 4.74 Å². The van der Waals surface area contributed by atoms with Crippen molar-refractivity contribution in [3.05, 3.63) is 83.4 Å². The topological polar surface area (TPSA) is 93.1 Å². The summed E-state index contributed by atoms with van der Waals surface area (Å²) in [4.78, 5) is 19.9. The maximum absolute atomic E-state index is 12.0. The van der Waals surface area contributed by atoms with Gasteiger partial charge in [0, 0.05) is 17.0 Å². The van der Waals surface area contributed by atoms with Gasteiger partial charge in [-0.1, -0.05) is 30.3 Å². The second-order valence-corrected chi connectivity index (χ2v) is 7.65. The molecule has 0 atom stereocenters. The Morgan fingerprint density at radius 2 is 1.51 bits per heavy atom. The molecule has 0 aliphatic rings. The Hall–Kier alpha value is -4.26. The molecule has 0 saturated carbocycles. The number of aromatic hydroxyl groups is 1. The molecule has 0 aliphatic carbocycles. The Morgan fingerprint density at radius 3 is 2.14 bits per heavy atom. The number of rotatable bonds is 9. The molecule has 0 radical (unpaired) electrons. The highest BCUT2D eigenvalue weighted by Gasteiger charge is 2.21. The van der Waals surface area contributed by atoms with Gasteiger partial charge in [-0.05, 0) is 51.1 Å². The monoisotopic (exact) mass is 472 g/mol. The molecule has 0 saturated heterocycles. The molecule has 7 nitrogen and oxygen atoms in total. The van der Waals surface area contributed by atoms with E-state index in [-0.39, 0.29) is 11.8 Å². The van der Waals surface area contributed by atoms with Crippen LogP contribution in [0.25, 0.3) is 10.9 Å². The van der Waals surface area contributed by atoms with Crippen LogP contribution < -0.4 is 9.47 Å². The summed E-state index contributed by atoms with van der Waals surface area (Å²) in [5, 5.41) is 11.7. The lowest BCUT2D eigenvalue weighted by Crippen LogP contribution is -2.04. The van der Waals surface area contributed by atoms with Gasteiger partial charge in [0.25, 0.3) is 0 Å². The highest BCUT2D eigenvalue weighted by molar-refractivity contribution is 6.22. The largest absolute Gasteiger partial charge is 0.494 e. The minimum atomic E-state index is -0.380. The predicted octanol–water partition coefficient (Wildman–Crippen LogP) is 6.02. The average Bonchev–Trinajstić information content (AvgIpc) is 3.18. The number of H-pyrrole nitrogens is 1. The number of esters is 1. The fourth-order valence-electron chi connectivity index (χ4n) is 3.84. The minimum absolute atomic E-state index is 0.0122. The summed E-state index contributed by atoms with van der Waals surface area (Å²) < 4.78 is 16.6. The SMILES string of the molecule is CCOC(=O)c1ccc(N=C(c2ccccc2)c2c(O)[nH]c3cc(OCC)c(OCC)cc23)cc1. The number of aliphatic imine (C=N–C) groups is 1. The molecule has 7 heteroatoms. The lowest BCUT2D eigenvalue weighted by molar-refractivity contribution is 0.0526. The quantitative estimate of drug-likeness (QED) is 0.230. The molecule has 1 aromatic heterocycles. The van der Waals surface area contributed by atoms with E-state index in [1.165, 1.54) is 0 Å². The van der Waals surface area contributed by atoms with Crippen molar-refractivity contribution in [1.82, 2.24) is 4.98 Å². The van der Waals surface area contributed by atoms with Gasteiger partial charge >= 0.3 is 5.97 Å². The van der Waals surface area contributed by atoms with Crippen LogP contribution in [0.3, 0.4) is 0 Å². The number of hydrogen-bond donors (Lipinski definition) is 2. The molecule has 0 spiro atoms. The number of benzene rings is 3. The predicted molar refractivity (Wildman–Crippen MR) is 136 cm³/mol. The molecule has 0 aliphatic heterocycles. The number of nitrogens with zero attached hydrogens (tertiary/aromatic N) is 1. The molecule has 0 amide bonds. The van der Waals surface area contributed by atoms with Crippen molar-refractivity contribution in [2.45, 2.75) is 20.8 Å². The van der Waals surface area contributed by atoms with E-state index in [4.69, 9.17) is 19.2 Å². The van der Waals surface area contributed by atoms with Crippen LogP contribution in [0.15, 0.2) is 71.7 Å². The smallest absolute Gasteiger partial charge is 0.338 e.